The number of esters is 1. The molecule has 4 rings (SSSR count). The van der Waals surface area contributed by atoms with Gasteiger partial charge in [0.05, 0.1) is 28.5 Å². The van der Waals surface area contributed by atoms with E-state index in [1.807, 2.05) is 23.1 Å². The lowest BCUT2D eigenvalue weighted by molar-refractivity contribution is -0.384. The molecule has 1 fully saturated rings. The third-order valence-corrected chi connectivity index (χ3v) is 6.13. The second-order valence-electron chi connectivity index (χ2n) is 8.69. The third-order valence-electron chi connectivity index (χ3n) is 6.13. The Kier molecular flexibility index (Phi) is 8.72. The number of amides is 2. The van der Waals surface area contributed by atoms with E-state index < -0.39 is 16.8 Å². The van der Waals surface area contributed by atoms with Crippen molar-refractivity contribution in [3.63, 3.8) is 0 Å². The van der Waals surface area contributed by atoms with Gasteiger partial charge in [-0.3, -0.25) is 19.7 Å². The Bertz CT molecular complexity index is 1340. The molecule has 1 heterocycles. The van der Waals surface area contributed by atoms with Crippen molar-refractivity contribution in [2.75, 3.05) is 49.6 Å². The average Bonchev–Trinajstić information content (AvgIpc) is 2.96. The molecule has 202 valence electrons. The molecule has 3 aromatic carbocycles. The van der Waals surface area contributed by atoms with Crippen molar-refractivity contribution in [1.29, 1.82) is 0 Å². The minimum atomic E-state index is -0.522. The summed E-state index contributed by atoms with van der Waals surface area (Å²) in [7, 11) is 0. The smallest absolute Gasteiger partial charge is 0.338 e. The molecule has 39 heavy (non-hydrogen) atoms. The van der Waals surface area contributed by atoms with Crippen LogP contribution in [0.3, 0.4) is 0 Å². The highest BCUT2D eigenvalue weighted by Crippen LogP contribution is 2.29. The van der Waals surface area contributed by atoms with Gasteiger partial charge in [0.1, 0.15) is 5.75 Å². The fourth-order valence-electron chi connectivity index (χ4n) is 4.17. The fraction of sp³-hybridized carbons (Fsp3) is 0.250. The number of nitrogens with one attached hydrogen (secondary N) is 1. The summed E-state index contributed by atoms with van der Waals surface area (Å²) in [4.78, 5) is 52.1. The molecule has 0 saturated carbocycles. The van der Waals surface area contributed by atoms with Gasteiger partial charge in [-0.2, -0.15) is 0 Å². The monoisotopic (exact) mass is 532 g/mol. The number of anilines is 2. The molecular formula is C28H28N4O7. The molecule has 0 bridgehead atoms. The average molecular weight is 533 g/mol. The summed E-state index contributed by atoms with van der Waals surface area (Å²) in [6, 6.07) is 19.4. The molecule has 2 amide bonds. The second kappa shape index (κ2) is 12.5. The zero-order valence-corrected chi connectivity index (χ0v) is 21.4. The van der Waals surface area contributed by atoms with E-state index >= 15 is 0 Å². The summed E-state index contributed by atoms with van der Waals surface area (Å²) in [5, 5.41) is 13.6. The second-order valence-corrected chi connectivity index (χ2v) is 8.69. The van der Waals surface area contributed by atoms with E-state index in [2.05, 4.69) is 5.32 Å². The first-order chi connectivity index (χ1) is 18.9. The van der Waals surface area contributed by atoms with Crippen molar-refractivity contribution in [2.24, 2.45) is 0 Å². The minimum Gasteiger partial charge on any atom is -0.484 e. The zero-order chi connectivity index (χ0) is 27.8. The van der Waals surface area contributed by atoms with Crippen molar-refractivity contribution >= 4 is 34.8 Å². The van der Waals surface area contributed by atoms with E-state index in [1.165, 1.54) is 24.3 Å². The van der Waals surface area contributed by atoms with Crippen LogP contribution in [0.2, 0.25) is 0 Å². The predicted octanol–water partition coefficient (Wildman–Crippen LogP) is 3.75. The summed E-state index contributed by atoms with van der Waals surface area (Å²) in [5.41, 5.74) is 1.92. The molecule has 0 aromatic heterocycles. The molecule has 0 spiro atoms. The van der Waals surface area contributed by atoms with Crippen LogP contribution >= 0.6 is 0 Å². The van der Waals surface area contributed by atoms with E-state index in [9.17, 15) is 24.5 Å². The highest BCUT2D eigenvalue weighted by molar-refractivity contribution is 5.99. The maximum Gasteiger partial charge on any atom is 0.338 e. The minimum absolute atomic E-state index is 0.0372. The first-order valence-corrected chi connectivity index (χ1v) is 12.4. The van der Waals surface area contributed by atoms with Crippen LogP contribution in [0.15, 0.2) is 72.8 Å². The van der Waals surface area contributed by atoms with Crippen molar-refractivity contribution in [3.8, 4) is 5.75 Å². The number of carbonyl (C=O) groups excluding carboxylic acids is 3. The van der Waals surface area contributed by atoms with Crippen LogP contribution in [0.1, 0.15) is 27.6 Å². The first-order valence-electron chi connectivity index (χ1n) is 12.4. The molecule has 1 aliphatic rings. The number of hydrogen-bond acceptors (Lipinski definition) is 8. The van der Waals surface area contributed by atoms with E-state index in [1.54, 1.807) is 42.2 Å². The molecule has 1 aliphatic heterocycles. The first kappa shape index (κ1) is 27.1. The van der Waals surface area contributed by atoms with Crippen LogP contribution in [-0.2, 0) is 9.53 Å². The molecular weight excluding hydrogens is 504 g/mol. The largest absolute Gasteiger partial charge is 0.484 e. The van der Waals surface area contributed by atoms with Gasteiger partial charge in [-0.1, -0.05) is 18.2 Å². The molecule has 0 atom stereocenters. The molecule has 11 heteroatoms. The van der Waals surface area contributed by atoms with Crippen LogP contribution in [0, 0.1) is 10.1 Å². The summed E-state index contributed by atoms with van der Waals surface area (Å²) < 4.78 is 10.6. The standard InChI is InChI=1S/C28H28N4O7/c1-2-38-28(35)21-8-13-25(30-14-16-31(17-15-30)27(34)20-6-4-3-5-7-20)24(18-21)29-26(33)19-39-23-11-9-22(10-12-23)32(36)37/h3-13,18H,2,14-17,19H2,1H3,(H,29,33). The van der Waals surface area contributed by atoms with Crippen molar-refractivity contribution in [1.82, 2.24) is 4.90 Å². The molecule has 3 aromatic rings. The van der Waals surface area contributed by atoms with E-state index in [0.29, 0.717) is 48.9 Å². The maximum atomic E-state index is 12.8. The third kappa shape index (κ3) is 6.89. The van der Waals surface area contributed by atoms with Crippen LogP contribution < -0.4 is 15.0 Å². The normalized spacial score (nSPS) is 12.9. The van der Waals surface area contributed by atoms with Gasteiger partial charge in [0.2, 0.25) is 0 Å². The van der Waals surface area contributed by atoms with Gasteiger partial charge in [0.15, 0.2) is 6.61 Å². The number of nitro groups is 1. The van der Waals surface area contributed by atoms with Gasteiger partial charge in [0.25, 0.3) is 17.5 Å². The van der Waals surface area contributed by atoms with Gasteiger partial charge in [-0.15, -0.1) is 0 Å². The number of piperazine rings is 1. The Balaban J connectivity index is 1.45. The zero-order valence-electron chi connectivity index (χ0n) is 21.4. The van der Waals surface area contributed by atoms with Crippen LogP contribution in [0.25, 0.3) is 0 Å². The lowest BCUT2D eigenvalue weighted by Gasteiger charge is -2.37. The number of nitrogens with zero attached hydrogens (tertiary/aromatic N) is 3. The number of ether oxygens (including phenoxy) is 2. The molecule has 0 radical (unpaired) electrons. The Labute approximate surface area is 225 Å². The van der Waals surface area contributed by atoms with Crippen LogP contribution in [-0.4, -0.2) is 67.0 Å². The lowest BCUT2D eigenvalue weighted by atomic mass is 10.1. The van der Waals surface area contributed by atoms with E-state index in [4.69, 9.17) is 9.47 Å². The predicted molar refractivity (Wildman–Crippen MR) is 144 cm³/mol. The number of nitro benzene ring substituents is 1. The molecule has 1 N–H and O–H groups in total. The van der Waals surface area contributed by atoms with E-state index in [-0.39, 0.29) is 30.4 Å². The van der Waals surface area contributed by atoms with Crippen molar-refractivity contribution in [3.05, 3.63) is 94.0 Å². The van der Waals surface area contributed by atoms with Crippen molar-refractivity contribution < 1.29 is 28.8 Å². The highest BCUT2D eigenvalue weighted by Gasteiger charge is 2.24. The number of non-ortho nitro benzene ring substituents is 1. The van der Waals surface area contributed by atoms with Crippen LogP contribution in [0.4, 0.5) is 17.1 Å². The van der Waals surface area contributed by atoms with Crippen LogP contribution in [0.5, 0.6) is 5.75 Å². The number of benzene rings is 3. The molecule has 0 unspecified atom stereocenters. The molecule has 11 nitrogen and oxygen atoms in total. The Morgan fingerprint density at radius 1 is 0.923 bits per heavy atom. The summed E-state index contributed by atoms with van der Waals surface area (Å²) in [5.74, 6) is -0.728. The Hall–Kier alpha value is -4.93. The highest BCUT2D eigenvalue weighted by atomic mass is 16.6. The maximum absolute atomic E-state index is 12.8. The number of carbonyl (C=O) groups is 3. The lowest BCUT2D eigenvalue weighted by Crippen LogP contribution is -2.49. The SMILES string of the molecule is CCOC(=O)c1ccc(N2CCN(C(=O)c3ccccc3)CC2)c(NC(=O)COc2ccc([N+](=O)[O-])cc2)c1. The fourth-order valence-corrected chi connectivity index (χ4v) is 4.17. The number of hydrogen-bond donors (Lipinski definition) is 1. The van der Waals surface area contributed by atoms with Gasteiger partial charge in [-0.05, 0) is 49.4 Å². The molecule has 0 aliphatic carbocycles. The summed E-state index contributed by atoms with van der Waals surface area (Å²) in [6.45, 7) is 3.61. The van der Waals surface area contributed by atoms with Gasteiger partial charge in [0, 0.05) is 43.9 Å². The van der Waals surface area contributed by atoms with Crippen molar-refractivity contribution in [2.45, 2.75) is 6.92 Å². The van der Waals surface area contributed by atoms with Gasteiger partial charge < -0.3 is 24.6 Å². The van der Waals surface area contributed by atoms with E-state index in [0.717, 1.165) is 0 Å². The number of rotatable bonds is 9. The Morgan fingerprint density at radius 3 is 2.26 bits per heavy atom. The topological polar surface area (TPSA) is 131 Å². The molecule has 1 saturated heterocycles. The Morgan fingerprint density at radius 2 is 1.62 bits per heavy atom. The van der Waals surface area contributed by atoms with Gasteiger partial charge in [-0.25, -0.2) is 4.79 Å². The summed E-state index contributed by atoms with van der Waals surface area (Å²) in [6.07, 6.45) is 0. The quantitative estimate of drug-likeness (QED) is 0.250. The van der Waals surface area contributed by atoms with Gasteiger partial charge >= 0.3 is 5.97 Å². The summed E-state index contributed by atoms with van der Waals surface area (Å²) >= 11 is 0.